The van der Waals surface area contributed by atoms with Crippen LogP contribution in [0.15, 0.2) is 241 Å². The average molecular weight is 844 g/mol. The van der Waals surface area contributed by atoms with Gasteiger partial charge in [-0.15, -0.1) is 0 Å². The van der Waals surface area contributed by atoms with Crippen LogP contribution in [-0.2, 0) is 10.8 Å². The normalized spacial score (nSPS) is 13.8. The number of nitrogens with zero attached hydrogens (tertiary/aromatic N) is 1. The third-order valence-corrected chi connectivity index (χ3v) is 14.5. The molecule has 66 heavy (non-hydrogen) atoms. The van der Waals surface area contributed by atoms with Gasteiger partial charge in [0.15, 0.2) is 0 Å². The molecule has 312 valence electrons. The summed E-state index contributed by atoms with van der Waals surface area (Å²) < 4.78 is 7.34. The summed E-state index contributed by atoms with van der Waals surface area (Å²) in [4.78, 5) is 2.50. The Kier molecular flexibility index (Phi) is 8.51. The summed E-state index contributed by atoms with van der Waals surface area (Å²) in [5.74, 6) is 0. The van der Waals surface area contributed by atoms with Crippen molar-refractivity contribution in [2.75, 3.05) is 4.90 Å². The number of furan rings is 1. The van der Waals surface area contributed by atoms with Gasteiger partial charge in [-0.2, -0.15) is 0 Å². The largest absolute Gasteiger partial charge is 0.456 e. The summed E-state index contributed by atoms with van der Waals surface area (Å²) in [6.45, 7) is 4.73. The van der Waals surface area contributed by atoms with E-state index in [9.17, 15) is 0 Å². The first-order valence-electron chi connectivity index (χ1n) is 23.0. The minimum atomic E-state index is -0.652. The molecular weight excluding hydrogens is 799 g/mol. The minimum absolute atomic E-state index is 0.193. The fourth-order valence-electron chi connectivity index (χ4n) is 11.6. The zero-order valence-corrected chi connectivity index (χ0v) is 36.9. The maximum atomic E-state index is 7.34. The Morgan fingerprint density at radius 3 is 1.52 bits per heavy atom. The Hall–Kier alpha value is -8.20. The summed E-state index contributed by atoms with van der Waals surface area (Å²) >= 11 is 0. The molecule has 0 aliphatic heterocycles. The number of anilines is 3. The summed E-state index contributed by atoms with van der Waals surface area (Å²) in [7, 11) is 0. The molecule has 0 spiro atoms. The van der Waals surface area contributed by atoms with E-state index in [1.54, 1.807) is 0 Å². The number of benzene rings is 10. The van der Waals surface area contributed by atoms with E-state index in [1.807, 2.05) is 0 Å². The number of para-hydroxylation sites is 1. The lowest BCUT2D eigenvalue weighted by Gasteiger charge is -2.35. The predicted molar refractivity (Wildman–Crippen MR) is 274 cm³/mol. The van der Waals surface area contributed by atoms with Gasteiger partial charge in [-0.1, -0.05) is 208 Å². The van der Waals surface area contributed by atoms with Crippen LogP contribution in [0.1, 0.15) is 47.2 Å². The van der Waals surface area contributed by atoms with Gasteiger partial charge in [0.1, 0.15) is 11.2 Å². The van der Waals surface area contributed by atoms with Gasteiger partial charge in [-0.25, -0.2) is 0 Å². The van der Waals surface area contributed by atoms with E-state index in [0.717, 1.165) is 55.7 Å². The molecule has 10 aromatic carbocycles. The third kappa shape index (κ3) is 5.55. The molecular formula is C64H45NO. The van der Waals surface area contributed by atoms with Crippen LogP contribution < -0.4 is 4.90 Å². The Morgan fingerprint density at radius 2 is 0.879 bits per heavy atom. The van der Waals surface area contributed by atoms with Gasteiger partial charge in [0.2, 0.25) is 0 Å². The highest BCUT2D eigenvalue weighted by Gasteiger charge is 2.48. The van der Waals surface area contributed by atoms with Crippen molar-refractivity contribution in [2.24, 2.45) is 0 Å². The van der Waals surface area contributed by atoms with E-state index in [0.29, 0.717) is 0 Å². The molecule has 0 radical (unpaired) electrons. The number of hydrogen-bond acceptors (Lipinski definition) is 2. The average Bonchev–Trinajstić information content (AvgIpc) is 3.99. The molecule has 0 amide bonds. The lowest BCUT2D eigenvalue weighted by atomic mass is 9.67. The Morgan fingerprint density at radius 1 is 0.364 bits per heavy atom. The van der Waals surface area contributed by atoms with Crippen molar-refractivity contribution in [3.63, 3.8) is 0 Å². The van der Waals surface area contributed by atoms with Crippen molar-refractivity contribution in [3.8, 4) is 44.5 Å². The molecule has 0 bridgehead atoms. The molecule has 0 unspecified atom stereocenters. The van der Waals surface area contributed by atoms with Crippen LogP contribution in [0, 0.1) is 0 Å². The molecule has 2 aliphatic carbocycles. The van der Waals surface area contributed by atoms with Gasteiger partial charge >= 0.3 is 0 Å². The van der Waals surface area contributed by atoms with Crippen molar-refractivity contribution in [1.29, 1.82) is 0 Å². The van der Waals surface area contributed by atoms with E-state index in [4.69, 9.17) is 4.42 Å². The van der Waals surface area contributed by atoms with E-state index >= 15 is 0 Å². The van der Waals surface area contributed by atoms with Crippen molar-refractivity contribution >= 4 is 39.0 Å². The highest BCUT2D eigenvalue weighted by Crippen LogP contribution is 2.59. The molecule has 1 heterocycles. The summed E-state index contributed by atoms with van der Waals surface area (Å²) in [6, 6.07) is 86.9. The van der Waals surface area contributed by atoms with Crippen LogP contribution in [0.4, 0.5) is 17.1 Å². The Labute approximate surface area is 385 Å². The van der Waals surface area contributed by atoms with Crippen LogP contribution in [0.3, 0.4) is 0 Å². The van der Waals surface area contributed by atoms with Crippen LogP contribution in [0.25, 0.3) is 66.4 Å². The molecule has 0 saturated heterocycles. The molecule has 2 aliphatic rings. The van der Waals surface area contributed by atoms with E-state index in [-0.39, 0.29) is 5.41 Å². The Balaban J connectivity index is 1.15. The van der Waals surface area contributed by atoms with Crippen molar-refractivity contribution in [3.05, 3.63) is 270 Å². The predicted octanol–water partition coefficient (Wildman–Crippen LogP) is 17.1. The maximum absolute atomic E-state index is 7.34. The molecule has 0 atom stereocenters. The van der Waals surface area contributed by atoms with Gasteiger partial charge in [0.25, 0.3) is 0 Å². The van der Waals surface area contributed by atoms with E-state index in [1.165, 1.54) is 61.2 Å². The smallest absolute Gasteiger partial charge is 0.142 e. The van der Waals surface area contributed by atoms with Crippen LogP contribution in [-0.4, -0.2) is 0 Å². The quantitative estimate of drug-likeness (QED) is 0.159. The molecule has 0 saturated carbocycles. The van der Waals surface area contributed by atoms with Gasteiger partial charge in [0.05, 0.1) is 16.5 Å². The second kappa shape index (κ2) is 14.7. The SMILES string of the molecule is CC1(C)c2ccccc2-c2ccc(N(c3cc(-c4ccccc4)cc(-c4ccccc4)c3)c3ccc(C4(c5ccccc5)c5ccccc5-c5ccccc54)c4oc5ccccc5c34)cc21. The van der Waals surface area contributed by atoms with Gasteiger partial charge in [0, 0.05) is 27.7 Å². The standard InChI is InChI=1S/C64H45NO/c1-63(2)54-30-16-12-26-49(54)52-35-34-47(41-58(52)63)65(48-39-44(42-20-6-3-7-21-42)38-45(40-48)43-22-8-4-9-23-43)59-37-36-57(62-61(59)53-29-15-19-33-60(53)66-62)64(46-24-10-5-11-25-46)55-31-17-13-27-50(55)51-28-14-18-32-56(51)64/h3-41H,1-2H3. The molecule has 11 aromatic rings. The first-order valence-corrected chi connectivity index (χ1v) is 23.0. The summed E-state index contributed by atoms with van der Waals surface area (Å²) in [5, 5.41) is 2.16. The molecule has 2 nitrogen and oxygen atoms in total. The fraction of sp³-hybridized carbons (Fsp3) is 0.0625. The molecule has 1 aromatic heterocycles. The topological polar surface area (TPSA) is 16.4 Å². The highest BCUT2D eigenvalue weighted by atomic mass is 16.3. The van der Waals surface area contributed by atoms with Crippen LogP contribution in [0.5, 0.6) is 0 Å². The first kappa shape index (κ1) is 38.3. The van der Waals surface area contributed by atoms with Gasteiger partial charge in [-0.05, 0) is 115 Å². The van der Waals surface area contributed by atoms with Gasteiger partial charge < -0.3 is 9.32 Å². The van der Waals surface area contributed by atoms with Crippen molar-refractivity contribution < 1.29 is 4.42 Å². The number of rotatable bonds is 7. The second-order valence-electron chi connectivity index (χ2n) is 18.4. The lowest BCUT2D eigenvalue weighted by molar-refractivity contribution is 0.648. The molecule has 13 rings (SSSR count). The van der Waals surface area contributed by atoms with Crippen LogP contribution in [0.2, 0.25) is 0 Å². The molecule has 0 fully saturated rings. The minimum Gasteiger partial charge on any atom is -0.456 e. The molecule has 2 heteroatoms. The first-order chi connectivity index (χ1) is 32.5. The lowest BCUT2D eigenvalue weighted by Crippen LogP contribution is -2.29. The summed E-state index contributed by atoms with van der Waals surface area (Å²) in [5.41, 5.74) is 21.4. The Bertz CT molecular complexity index is 3570. The van der Waals surface area contributed by atoms with Crippen molar-refractivity contribution in [2.45, 2.75) is 24.7 Å². The zero-order valence-electron chi connectivity index (χ0n) is 36.9. The van der Waals surface area contributed by atoms with E-state index < -0.39 is 5.41 Å². The van der Waals surface area contributed by atoms with Crippen LogP contribution >= 0.6 is 0 Å². The van der Waals surface area contributed by atoms with Crippen molar-refractivity contribution in [1.82, 2.24) is 0 Å². The number of hydrogen-bond donors (Lipinski definition) is 0. The number of fused-ring (bicyclic) bond motifs is 9. The third-order valence-electron chi connectivity index (χ3n) is 14.5. The fourth-order valence-corrected chi connectivity index (χ4v) is 11.6. The maximum Gasteiger partial charge on any atom is 0.142 e. The summed E-state index contributed by atoms with van der Waals surface area (Å²) in [6.07, 6.45) is 0. The highest BCUT2D eigenvalue weighted by molar-refractivity contribution is 6.15. The van der Waals surface area contributed by atoms with Gasteiger partial charge in [-0.3, -0.25) is 0 Å². The van der Waals surface area contributed by atoms with E-state index in [2.05, 4.69) is 255 Å². The zero-order chi connectivity index (χ0) is 44.0. The second-order valence-corrected chi connectivity index (χ2v) is 18.4. The monoisotopic (exact) mass is 843 g/mol. The molecule has 0 N–H and O–H groups in total.